The summed E-state index contributed by atoms with van der Waals surface area (Å²) in [6, 6.07) is 23.7. The second kappa shape index (κ2) is 8.42. The zero-order valence-corrected chi connectivity index (χ0v) is 18.2. The second-order valence-electron chi connectivity index (χ2n) is 8.18. The minimum absolute atomic E-state index is 0.114. The van der Waals surface area contributed by atoms with Gasteiger partial charge in [0.15, 0.2) is 5.78 Å². The van der Waals surface area contributed by atoms with Crippen molar-refractivity contribution in [1.82, 2.24) is 0 Å². The fraction of sp³-hybridized carbons (Fsp3) is 0.222. The Morgan fingerprint density at radius 3 is 2.28 bits per heavy atom. The van der Waals surface area contributed by atoms with Crippen LogP contribution in [0.25, 0.3) is 0 Å². The third kappa shape index (κ3) is 3.60. The van der Waals surface area contributed by atoms with Crippen LogP contribution in [0.15, 0.2) is 84.1 Å². The molecule has 1 heterocycles. The van der Waals surface area contributed by atoms with Crippen molar-refractivity contribution in [2.75, 3.05) is 24.9 Å². The number of ketones is 1. The van der Waals surface area contributed by atoms with Crippen LogP contribution in [0, 0.1) is 0 Å². The summed E-state index contributed by atoms with van der Waals surface area (Å²) >= 11 is 0. The fourth-order valence-electron chi connectivity index (χ4n) is 4.74. The number of allylic oxidation sites excluding steroid dienone is 1. The number of benzene rings is 3. The molecule has 5 rings (SSSR count). The number of carbonyl (C=O) groups is 1. The Balaban J connectivity index is 1.60. The molecule has 0 saturated carbocycles. The van der Waals surface area contributed by atoms with Crippen molar-refractivity contribution in [2.45, 2.75) is 24.8 Å². The van der Waals surface area contributed by atoms with E-state index in [4.69, 9.17) is 9.47 Å². The number of para-hydroxylation sites is 3. The zero-order chi connectivity index (χ0) is 22.1. The highest BCUT2D eigenvalue weighted by atomic mass is 16.5. The number of anilines is 2. The molecule has 2 N–H and O–H groups in total. The normalized spacial score (nSPS) is 19.8. The van der Waals surface area contributed by atoms with Gasteiger partial charge in [-0.2, -0.15) is 0 Å². The molecule has 3 aromatic rings. The maximum absolute atomic E-state index is 13.6. The van der Waals surface area contributed by atoms with Crippen molar-refractivity contribution >= 4 is 17.2 Å². The lowest BCUT2D eigenvalue weighted by atomic mass is 9.78. The number of fused-ring (bicyclic) bond motifs is 1. The molecule has 0 unspecified atom stereocenters. The number of nitrogens with one attached hydrogen (secondary N) is 2. The second-order valence-corrected chi connectivity index (χ2v) is 8.18. The average molecular weight is 427 g/mol. The van der Waals surface area contributed by atoms with Gasteiger partial charge in [0.25, 0.3) is 0 Å². The summed E-state index contributed by atoms with van der Waals surface area (Å²) < 4.78 is 10.9. The number of Topliss-reactive ketones (excluding diaryl/α,β-unsaturated/α-hetero) is 1. The smallest absolute Gasteiger partial charge is 0.163 e. The Hall–Kier alpha value is -3.73. The van der Waals surface area contributed by atoms with Crippen LogP contribution in [0.1, 0.15) is 35.9 Å². The fourth-order valence-corrected chi connectivity index (χ4v) is 4.74. The molecule has 5 nitrogen and oxygen atoms in total. The topological polar surface area (TPSA) is 59.6 Å². The van der Waals surface area contributed by atoms with Crippen LogP contribution in [-0.4, -0.2) is 20.0 Å². The van der Waals surface area contributed by atoms with E-state index >= 15 is 0 Å². The van der Waals surface area contributed by atoms with Gasteiger partial charge in [-0.3, -0.25) is 4.79 Å². The molecule has 2 atom stereocenters. The van der Waals surface area contributed by atoms with E-state index < -0.39 is 0 Å². The molecule has 5 heteroatoms. The predicted octanol–water partition coefficient (Wildman–Crippen LogP) is 5.68. The molecule has 0 radical (unpaired) electrons. The summed E-state index contributed by atoms with van der Waals surface area (Å²) in [7, 11) is 3.33. The van der Waals surface area contributed by atoms with Crippen molar-refractivity contribution in [1.29, 1.82) is 0 Å². The molecule has 1 aliphatic heterocycles. The zero-order valence-electron chi connectivity index (χ0n) is 18.2. The number of ether oxygens (including phenoxy) is 2. The van der Waals surface area contributed by atoms with Gasteiger partial charge in [0.1, 0.15) is 11.5 Å². The molecule has 2 aliphatic rings. The first-order chi connectivity index (χ1) is 15.7. The van der Waals surface area contributed by atoms with Crippen LogP contribution in [0.4, 0.5) is 11.4 Å². The molecular weight excluding hydrogens is 400 g/mol. The standard InChI is InChI=1S/C27H26N2O3/c1-31-19-13-11-17(12-14-19)18-15-23-26(24(30)16-18)27(20-7-3-6-10-25(20)32-2)29-22-9-5-4-8-21(22)28-23/h3-14,18,27-29H,15-16H2,1-2H3/t18-,27+/m0/s1. The van der Waals surface area contributed by atoms with Crippen LogP contribution in [-0.2, 0) is 4.79 Å². The van der Waals surface area contributed by atoms with Crippen molar-refractivity contribution in [3.8, 4) is 11.5 Å². The number of methoxy groups -OCH3 is 2. The summed E-state index contributed by atoms with van der Waals surface area (Å²) in [5.74, 6) is 1.85. The van der Waals surface area contributed by atoms with E-state index in [0.717, 1.165) is 51.7 Å². The molecule has 0 amide bonds. The largest absolute Gasteiger partial charge is 0.497 e. The molecule has 0 fully saturated rings. The van der Waals surface area contributed by atoms with Crippen LogP contribution >= 0.6 is 0 Å². The number of rotatable bonds is 4. The van der Waals surface area contributed by atoms with Crippen molar-refractivity contribution in [3.05, 3.63) is 95.2 Å². The SMILES string of the molecule is COc1ccc([C@@H]2CC(=O)C3=C(C2)Nc2ccccc2N[C@@H]3c2ccccc2OC)cc1. The van der Waals surface area contributed by atoms with E-state index in [9.17, 15) is 4.79 Å². The van der Waals surface area contributed by atoms with Gasteiger partial charge in [0, 0.05) is 23.3 Å². The highest BCUT2D eigenvalue weighted by Gasteiger charge is 2.36. The van der Waals surface area contributed by atoms with Crippen LogP contribution < -0.4 is 20.1 Å². The third-order valence-corrected chi connectivity index (χ3v) is 6.35. The van der Waals surface area contributed by atoms with Gasteiger partial charge in [-0.05, 0) is 48.2 Å². The Morgan fingerprint density at radius 1 is 0.812 bits per heavy atom. The number of hydrogen-bond acceptors (Lipinski definition) is 5. The van der Waals surface area contributed by atoms with Crippen molar-refractivity contribution < 1.29 is 14.3 Å². The molecule has 32 heavy (non-hydrogen) atoms. The summed E-state index contributed by atoms with van der Waals surface area (Å²) in [4.78, 5) is 13.6. The third-order valence-electron chi connectivity index (χ3n) is 6.35. The van der Waals surface area contributed by atoms with E-state index in [1.807, 2.05) is 60.7 Å². The summed E-state index contributed by atoms with van der Waals surface area (Å²) in [5.41, 5.74) is 5.79. The highest BCUT2D eigenvalue weighted by Crippen LogP contribution is 2.45. The van der Waals surface area contributed by atoms with Crippen LogP contribution in [0.5, 0.6) is 11.5 Å². The Bertz CT molecular complexity index is 1180. The Labute approximate surface area is 188 Å². The molecule has 0 spiro atoms. The van der Waals surface area contributed by atoms with E-state index in [-0.39, 0.29) is 17.7 Å². The lowest BCUT2D eigenvalue weighted by Gasteiger charge is -2.30. The van der Waals surface area contributed by atoms with Gasteiger partial charge < -0.3 is 20.1 Å². The molecule has 0 bridgehead atoms. The van der Waals surface area contributed by atoms with Gasteiger partial charge in [0.05, 0.1) is 31.6 Å². The lowest BCUT2D eigenvalue weighted by molar-refractivity contribution is -0.116. The molecule has 162 valence electrons. The van der Waals surface area contributed by atoms with E-state index in [1.54, 1.807) is 14.2 Å². The molecule has 0 saturated heterocycles. The molecular formula is C27H26N2O3. The lowest BCUT2D eigenvalue weighted by Crippen LogP contribution is -2.27. The molecule has 3 aromatic carbocycles. The van der Waals surface area contributed by atoms with Gasteiger partial charge in [-0.15, -0.1) is 0 Å². The predicted molar refractivity (Wildman–Crippen MR) is 126 cm³/mol. The number of hydrogen-bond donors (Lipinski definition) is 2. The summed E-state index contributed by atoms with van der Waals surface area (Å²) in [6.07, 6.45) is 1.23. The maximum atomic E-state index is 13.6. The highest BCUT2D eigenvalue weighted by molar-refractivity contribution is 6.01. The van der Waals surface area contributed by atoms with E-state index in [2.05, 4.69) is 22.8 Å². The van der Waals surface area contributed by atoms with E-state index in [0.29, 0.717) is 6.42 Å². The van der Waals surface area contributed by atoms with Gasteiger partial charge in [-0.1, -0.05) is 42.5 Å². The van der Waals surface area contributed by atoms with Crippen LogP contribution in [0.2, 0.25) is 0 Å². The quantitative estimate of drug-likeness (QED) is 0.562. The first kappa shape index (κ1) is 20.2. The number of carbonyl (C=O) groups excluding carboxylic acids is 1. The minimum Gasteiger partial charge on any atom is -0.497 e. The Morgan fingerprint density at radius 2 is 1.53 bits per heavy atom. The monoisotopic (exact) mass is 426 g/mol. The summed E-state index contributed by atoms with van der Waals surface area (Å²) in [5, 5.41) is 7.19. The van der Waals surface area contributed by atoms with Crippen LogP contribution in [0.3, 0.4) is 0 Å². The van der Waals surface area contributed by atoms with Gasteiger partial charge >= 0.3 is 0 Å². The van der Waals surface area contributed by atoms with Gasteiger partial charge in [-0.25, -0.2) is 0 Å². The van der Waals surface area contributed by atoms with Crippen molar-refractivity contribution in [2.24, 2.45) is 0 Å². The molecule has 0 aromatic heterocycles. The van der Waals surface area contributed by atoms with E-state index in [1.165, 1.54) is 0 Å². The van der Waals surface area contributed by atoms with Gasteiger partial charge in [0.2, 0.25) is 0 Å². The first-order valence-corrected chi connectivity index (χ1v) is 10.8. The van der Waals surface area contributed by atoms with Crippen molar-refractivity contribution in [3.63, 3.8) is 0 Å². The average Bonchev–Trinajstić information content (AvgIpc) is 3.01. The maximum Gasteiger partial charge on any atom is 0.163 e. The minimum atomic E-state index is -0.290. The summed E-state index contributed by atoms with van der Waals surface area (Å²) in [6.45, 7) is 0. The first-order valence-electron chi connectivity index (χ1n) is 10.8. The Kier molecular flexibility index (Phi) is 5.31. The molecule has 1 aliphatic carbocycles.